The summed E-state index contributed by atoms with van der Waals surface area (Å²) < 4.78 is 28.9. The van der Waals surface area contributed by atoms with E-state index in [4.69, 9.17) is 4.74 Å². The number of fused-ring (bicyclic) bond motifs is 1. The first-order valence-electron chi connectivity index (χ1n) is 9.34. The van der Waals surface area contributed by atoms with Crippen molar-refractivity contribution >= 4 is 21.7 Å². The molecule has 3 aliphatic rings. The van der Waals surface area contributed by atoms with Gasteiger partial charge in [0.2, 0.25) is 0 Å². The summed E-state index contributed by atoms with van der Waals surface area (Å²) >= 11 is 0. The lowest BCUT2D eigenvalue weighted by atomic mass is 10.1. The first kappa shape index (κ1) is 18.4. The Bertz CT molecular complexity index is 825. The molecule has 2 amide bonds. The summed E-state index contributed by atoms with van der Waals surface area (Å²) in [6.45, 7) is 2.97. The van der Waals surface area contributed by atoms with E-state index in [0.717, 1.165) is 43.0 Å². The van der Waals surface area contributed by atoms with Gasteiger partial charge in [-0.3, -0.25) is 0 Å². The predicted octanol–water partition coefficient (Wildman–Crippen LogP) is -0.0435. The van der Waals surface area contributed by atoms with Gasteiger partial charge in [-0.2, -0.15) is 5.10 Å². The molecule has 0 spiro atoms. The highest BCUT2D eigenvalue weighted by Crippen LogP contribution is 2.24. The highest BCUT2D eigenvalue weighted by molar-refractivity contribution is 7.91. The molecule has 1 aromatic heterocycles. The van der Waals surface area contributed by atoms with Gasteiger partial charge >= 0.3 is 6.03 Å². The second-order valence-electron chi connectivity index (χ2n) is 7.45. The maximum Gasteiger partial charge on any atom is 0.318 e. The van der Waals surface area contributed by atoms with Crippen LogP contribution in [-0.2, 0) is 27.5 Å². The van der Waals surface area contributed by atoms with E-state index in [1.807, 2.05) is 6.07 Å². The molecule has 2 fully saturated rings. The first-order valence-corrected chi connectivity index (χ1v) is 11.2. The topological polar surface area (TPSA) is 105 Å². The average Bonchev–Trinajstić information content (AvgIpc) is 3.28. The molecule has 0 bridgehead atoms. The number of amides is 2. The van der Waals surface area contributed by atoms with Crippen molar-refractivity contribution in [3.05, 3.63) is 17.3 Å². The van der Waals surface area contributed by atoms with Crippen molar-refractivity contribution in [3.63, 3.8) is 0 Å². The SMILES string of the molecule is COC1CS(=O)(=O)CC1NC(=O)N1CCc2nnc(N3CCCC3)cc2C1. The number of carbonyl (C=O) groups excluding carboxylic acids is 1. The van der Waals surface area contributed by atoms with Crippen molar-refractivity contribution in [2.45, 2.75) is 38.0 Å². The summed E-state index contributed by atoms with van der Waals surface area (Å²) in [5.41, 5.74) is 1.94. The molecule has 0 aromatic carbocycles. The average molecular weight is 395 g/mol. The van der Waals surface area contributed by atoms with Gasteiger partial charge in [-0.05, 0) is 24.5 Å². The molecule has 0 radical (unpaired) electrons. The van der Waals surface area contributed by atoms with Crippen molar-refractivity contribution in [1.29, 1.82) is 0 Å². The van der Waals surface area contributed by atoms with Crippen LogP contribution in [0.1, 0.15) is 24.1 Å². The van der Waals surface area contributed by atoms with E-state index in [1.165, 1.54) is 7.11 Å². The van der Waals surface area contributed by atoms with E-state index in [0.29, 0.717) is 19.5 Å². The largest absolute Gasteiger partial charge is 0.378 e. The second-order valence-corrected chi connectivity index (χ2v) is 9.60. The number of anilines is 1. The van der Waals surface area contributed by atoms with E-state index in [1.54, 1.807) is 4.90 Å². The molecule has 27 heavy (non-hydrogen) atoms. The van der Waals surface area contributed by atoms with Gasteiger partial charge in [-0.1, -0.05) is 0 Å². The third-order valence-electron chi connectivity index (χ3n) is 5.56. The summed E-state index contributed by atoms with van der Waals surface area (Å²) in [5.74, 6) is 0.744. The minimum Gasteiger partial charge on any atom is -0.378 e. The van der Waals surface area contributed by atoms with Crippen LogP contribution >= 0.6 is 0 Å². The molecule has 4 heterocycles. The van der Waals surface area contributed by atoms with E-state index < -0.39 is 22.0 Å². The Hall–Kier alpha value is -1.94. The van der Waals surface area contributed by atoms with Crippen LogP contribution in [0.3, 0.4) is 0 Å². The maximum absolute atomic E-state index is 12.7. The number of hydrogen-bond donors (Lipinski definition) is 1. The maximum atomic E-state index is 12.7. The van der Waals surface area contributed by atoms with Gasteiger partial charge in [0.05, 0.1) is 29.3 Å². The van der Waals surface area contributed by atoms with Gasteiger partial charge in [0.1, 0.15) is 0 Å². The zero-order valence-corrected chi connectivity index (χ0v) is 16.2. The van der Waals surface area contributed by atoms with Crippen LogP contribution < -0.4 is 10.2 Å². The minimum atomic E-state index is -3.18. The van der Waals surface area contributed by atoms with Gasteiger partial charge < -0.3 is 19.9 Å². The number of urea groups is 1. The van der Waals surface area contributed by atoms with Crippen LogP contribution in [0.4, 0.5) is 10.6 Å². The fraction of sp³-hybridized carbons (Fsp3) is 0.706. The Balaban J connectivity index is 1.44. The standard InChI is InChI=1S/C17H25N5O4S/c1-26-15-11-27(24,25)10-14(15)18-17(23)22-7-4-13-12(9-22)8-16(20-19-13)21-5-2-3-6-21/h8,14-15H,2-7,9-11H2,1H3,(H,18,23). The fourth-order valence-corrected chi connectivity index (χ4v) is 5.87. The number of ether oxygens (including phenoxy) is 1. The Labute approximate surface area is 159 Å². The smallest absolute Gasteiger partial charge is 0.318 e. The van der Waals surface area contributed by atoms with E-state index in [-0.39, 0.29) is 17.5 Å². The number of carbonyl (C=O) groups is 1. The number of nitrogens with zero attached hydrogens (tertiary/aromatic N) is 4. The van der Waals surface area contributed by atoms with Crippen LogP contribution in [0.25, 0.3) is 0 Å². The van der Waals surface area contributed by atoms with Crippen molar-refractivity contribution in [3.8, 4) is 0 Å². The Morgan fingerprint density at radius 2 is 2.00 bits per heavy atom. The zero-order chi connectivity index (χ0) is 19.0. The molecule has 148 valence electrons. The second kappa shape index (κ2) is 7.23. The Morgan fingerprint density at radius 1 is 1.22 bits per heavy atom. The summed E-state index contributed by atoms with van der Waals surface area (Å²) in [7, 11) is -1.71. The summed E-state index contributed by atoms with van der Waals surface area (Å²) in [5, 5.41) is 11.5. The molecular weight excluding hydrogens is 370 g/mol. The highest BCUT2D eigenvalue weighted by Gasteiger charge is 2.39. The van der Waals surface area contributed by atoms with E-state index in [9.17, 15) is 13.2 Å². The Morgan fingerprint density at radius 3 is 2.74 bits per heavy atom. The quantitative estimate of drug-likeness (QED) is 0.765. The van der Waals surface area contributed by atoms with Gasteiger partial charge in [0.25, 0.3) is 0 Å². The summed E-state index contributed by atoms with van der Waals surface area (Å²) in [6, 6.07) is 1.26. The number of methoxy groups -OCH3 is 1. The van der Waals surface area contributed by atoms with Crippen LogP contribution in [0, 0.1) is 0 Å². The first-order chi connectivity index (χ1) is 12.9. The predicted molar refractivity (Wildman–Crippen MR) is 99.4 cm³/mol. The number of hydrogen-bond acceptors (Lipinski definition) is 7. The minimum absolute atomic E-state index is 0.0495. The van der Waals surface area contributed by atoms with Crippen molar-refractivity contribution in [2.75, 3.05) is 43.1 Å². The van der Waals surface area contributed by atoms with Gasteiger partial charge in [0.15, 0.2) is 15.7 Å². The van der Waals surface area contributed by atoms with Crippen LogP contribution in [0.5, 0.6) is 0 Å². The third-order valence-corrected chi connectivity index (χ3v) is 7.26. The Kier molecular flexibility index (Phi) is 4.94. The van der Waals surface area contributed by atoms with E-state index in [2.05, 4.69) is 20.4 Å². The molecule has 4 rings (SSSR count). The van der Waals surface area contributed by atoms with Crippen LogP contribution in [0.15, 0.2) is 6.07 Å². The molecule has 0 saturated carbocycles. The lowest BCUT2D eigenvalue weighted by molar-refractivity contribution is 0.0973. The lowest BCUT2D eigenvalue weighted by Gasteiger charge is -2.30. The number of sulfone groups is 1. The third kappa shape index (κ3) is 3.86. The van der Waals surface area contributed by atoms with Gasteiger partial charge in [-0.25, -0.2) is 13.2 Å². The van der Waals surface area contributed by atoms with Crippen molar-refractivity contribution in [2.24, 2.45) is 0 Å². The molecule has 2 saturated heterocycles. The molecule has 1 aromatic rings. The molecule has 2 unspecified atom stereocenters. The van der Waals surface area contributed by atoms with Gasteiger partial charge in [0, 0.05) is 39.7 Å². The molecule has 9 nitrogen and oxygen atoms in total. The summed E-state index contributed by atoms with van der Waals surface area (Å²) in [4.78, 5) is 16.6. The highest BCUT2D eigenvalue weighted by atomic mass is 32.2. The molecule has 2 atom stereocenters. The van der Waals surface area contributed by atoms with Crippen molar-refractivity contribution in [1.82, 2.24) is 20.4 Å². The van der Waals surface area contributed by atoms with Crippen LogP contribution in [0.2, 0.25) is 0 Å². The monoisotopic (exact) mass is 395 g/mol. The van der Waals surface area contributed by atoms with Crippen molar-refractivity contribution < 1.29 is 17.9 Å². The number of aromatic nitrogens is 2. The fourth-order valence-electron chi connectivity index (χ4n) is 4.02. The zero-order valence-electron chi connectivity index (χ0n) is 15.4. The lowest BCUT2D eigenvalue weighted by Crippen LogP contribution is -2.50. The number of nitrogens with one attached hydrogen (secondary N) is 1. The molecular formula is C17H25N5O4S. The van der Waals surface area contributed by atoms with E-state index >= 15 is 0 Å². The van der Waals surface area contributed by atoms with Gasteiger partial charge in [-0.15, -0.1) is 5.10 Å². The summed E-state index contributed by atoms with van der Waals surface area (Å²) in [6.07, 6.45) is 2.48. The van der Waals surface area contributed by atoms with Crippen LogP contribution in [-0.4, -0.2) is 79.9 Å². The molecule has 3 aliphatic heterocycles. The molecule has 10 heteroatoms. The normalized spacial score (nSPS) is 26.9. The molecule has 1 N–H and O–H groups in total. The number of rotatable bonds is 3. The molecule has 0 aliphatic carbocycles.